The summed E-state index contributed by atoms with van der Waals surface area (Å²) < 4.78 is 25.1. The predicted molar refractivity (Wildman–Crippen MR) is 100 cm³/mol. The molecule has 0 saturated carbocycles. The van der Waals surface area contributed by atoms with Gasteiger partial charge in [-0.3, -0.25) is 9.59 Å². The highest BCUT2D eigenvalue weighted by atomic mass is 32.2. The molecule has 2 atom stereocenters. The highest BCUT2D eigenvalue weighted by molar-refractivity contribution is 7.90. The van der Waals surface area contributed by atoms with E-state index in [4.69, 9.17) is 0 Å². The van der Waals surface area contributed by atoms with Crippen LogP contribution in [0.15, 0.2) is 59.5 Å². The van der Waals surface area contributed by atoms with E-state index in [1.54, 1.807) is 66.4 Å². The zero-order valence-corrected chi connectivity index (χ0v) is 15.7. The Balaban J connectivity index is 1.80. The Kier molecular flexibility index (Phi) is 5.32. The zero-order valence-electron chi connectivity index (χ0n) is 14.9. The molecule has 142 valence electrons. The van der Waals surface area contributed by atoms with Crippen molar-refractivity contribution < 1.29 is 23.1 Å². The molecule has 1 aliphatic heterocycles. The van der Waals surface area contributed by atoms with Crippen molar-refractivity contribution in [3.05, 3.63) is 65.7 Å². The van der Waals surface area contributed by atoms with Gasteiger partial charge in [-0.25, -0.2) is 8.42 Å². The van der Waals surface area contributed by atoms with Crippen molar-refractivity contribution in [3.63, 3.8) is 0 Å². The Labute approximate surface area is 158 Å². The van der Waals surface area contributed by atoms with Crippen molar-refractivity contribution in [1.82, 2.24) is 4.90 Å². The fourth-order valence-corrected chi connectivity index (χ4v) is 4.80. The first-order valence-corrected chi connectivity index (χ1v) is 10.4. The van der Waals surface area contributed by atoms with Gasteiger partial charge in [-0.05, 0) is 43.2 Å². The monoisotopic (exact) mass is 387 g/mol. The maximum absolute atomic E-state index is 12.8. The molecule has 0 radical (unpaired) electrons. The van der Waals surface area contributed by atoms with Gasteiger partial charge >= 0.3 is 5.97 Å². The van der Waals surface area contributed by atoms with Crippen LogP contribution in [0.2, 0.25) is 0 Å². The van der Waals surface area contributed by atoms with Crippen molar-refractivity contribution in [1.29, 1.82) is 0 Å². The molecule has 27 heavy (non-hydrogen) atoms. The fourth-order valence-electron chi connectivity index (χ4n) is 3.45. The molecule has 0 aliphatic carbocycles. The molecule has 7 heteroatoms. The summed E-state index contributed by atoms with van der Waals surface area (Å²) in [6.45, 7) is 2.11. The number of sulfone groups is 1. The number of benzene rings is 2. The van der Waals surface area contributed by atoms with Crippen LogP contribution in [0.3, 0.4) is 0 Å². The first kappa shape index (κ1) is 19.1. The summed E-state index contributed by atoms with van der Waals surface area (Å²) in [4.78, 5) is 25.8. The number of nitrogens with zero attached hydrogens (tertiary/aromatic N) is 1. The second-order valence-corrected chi connectivity index (χ2v) is 8.73. The van der Waals surface area contributed by atoms with Crippen LogP contribution in [0.4, 0.5) is 0 Å². The second-order valence-electron chi connectivity index (χ2n) is 6.75. The van der Waals surface area contributed by atoms with E-state index in [1.165, 1.54) is 0 Å². The minimum atomic E-state index is -3.51. The Morgan fingerprint density at radius 1 is 1.11 bits per heavy atom. The first-order valence-electron chi connectivity index (χ1n) is 8.70. The van der Waals surface area contributed by atoms with E-state index in [1.807, 2.05) is 0 Å². The van der Waals surface area contributed by atoms with Crippen LogP contribution in [0, 0.1) is 5.92 Å². The van der Waals surface area contributed by atoms with Crippen LogP contribution in [-0.4, -0.2) is 42.9 Å². The average molecular weight is 387 g/mol. The van der Waals surface area contributed by atoms with E-state index in [0.717, 1.165) is 0 Å². The van der Waals surface area contributed by atoms with Crippen molar-refractivity contribution in [3.8, 4) is 0 Å². The van der Waals surface area contributed by atoms with Gasteiger partial charge in [0.1, 0.15) is 0 Å². The number of carboxylic acid groups (broad SMARTS) is 1. The SMILES string of the molecule is CC1C(C(=O)O)CCN1C(=O)c1cccc(CS(=O)(=O)c2ccccc2)c1. The van der Waals surface area contributed by atoms with Gasteiger partial charge in [0.15, 0.2) is 9.84 Å². The Bertz CT molecular complexity index is 955. The molecule has 1 saturated heterocycles. The molecule has 2 aromatic carbocycles. The summed E-state index contributed by atoms with van der Waals surface area (Å²) in [5, 5.41) is 9.23. The molecular weight excluding hydrogens is 366 g/mol. The van der Waals surface area contributed by atoms with E-state index in [-0.39, 0.29) is 16.6 Å². The summed E-state index contributed by atoms with van der Waals surface area (Å²) in [5.41, 5.74) is 0.889. The standard InChI is InChI=1S/C20H21NO5S/c1-14-18(20(23)24)10-11-21(14)19(22)16-7-5-6-15(12-16)13-27(25,26)17-8-3-2-4-9-17/h2-9,12,14,18H,10-11,13H2,1H3,(H,23,24). The van der Waals surface area contributed by atoms with Crippen LogP contribution in [-0.2, 0) is 20.4 Å². The number of carbonyl (C=O) groups is 2. The number of hydrogen-bond acceptors (Lipinski definition) is 4. The molecule has 1 aliphatic rings. The molecule has 1 N–H and O–H groups in total. The summed E-state index contributed by atoms with van der Waals surface area (Å²) in [5.74, 6) is -1.95. The zero-order chi connectivity index (χ0) is 19.6. The lowest BCUT2D eigenvalue weighted by Crippen LogP contribution is -2.37. The van der Waals surface area contributed by atoms with E-state index in [2.05, 4.69) is 0 Å². The van der Waals surface area contributed by atoms with Gasteiger partial charge in [-0.15, -0.1) is 0 Å². The van der Waals surface area contributed by atoms with Gasteiger partial charge < -0.3 is 10.0 Å². The second kappa shape index (κ2) is 7.52. The number of carbonyl (C=O) groups excluding carboxylic acids is 1. The number of rotatable bonds is 5. The third-order valence-electron chi connectivity index (χ3n) is 4.97. The minimum absolute atomic E-state index is 0.203. The van der Waals surface area contributed by atoms with Gasteiger partial charge in [0.25, 0.3) is 5.91 Å². The number of carboxylic acids is 1. The predicted octanol–water partition coefficient (Wildman–Crippen LogP) is 2.60. The average Bonchev–Trinajstić information content (AvgIpc) is 3.03. The number of amides is 1. The molecule has 2 aromatic rings. The van der Waals surface area contributed by atoms with E-state index >= 15 is 0 Å². The maximum atomic E-state index is 12.8. The lowest BCUT2D eigenvalue weighted by atomic mass is 10.0. The van der Waals surface area contributed by atoms with Crippen LogP contribution < -0.4 is 0 Å². The van der Waals surface area contributed by atoms with E-state index in [9.17, 15) is 23.1 Å². The largest absolute Gasteiger partial charge is 0.481 e. The summed E-state index contributed by atoms with van der Waals surface area (Å²) >= 11 is 0. The summed E-state index contributed by atoms with van der Waals surface area (Å²) in [6, 6.07) is 14.3. The smallest absolute Gasteiger partial charge is 0.308 e. The molecule has 1 fully saturated rings. The highest BCUT2D eigenvalue weighted by Crippen LogP contribution is 2.26. The van der Waals surface area contributed by atoms with Crippen LogP contribution in [0.5, 0.6) is 0 Å². The van der Waals surface area contributed by atoms with Crippen LogP contribution in [0.1, 0.15) is 29.3 Å². The molecule has 0 spiro atoms. The van der Waals surface area contributed by atoms with Crippen molar-refractivity contribution in [2.75, 3.05) is 6.54 Å². The van der Waals surface area contributed by atoms with Gasteiger partial charge in [-0.1, -0.05) is 30.3 Å². The van der Waals surface area contributed by atoms with Gasteiger partial charge in [0.2, 0.25) is 0 Å². The maximum Gasteiger partial charge on any atom is 0.308 e. The molecule has 6 nitrogen and oxygen atoms in total. The topological polar surface area (TPSA) is 91.8 Å². The summed E-state index contributed by atoms with van der Waals surface area (Å²) in [7, 11) is -3.51. The lowest BCUT2D eigenvalue weighted by molar-refractivity contribution is -0.142. The fraction of sp³-hybridized carbons (Fsp3) is 0.300. The Morgan fingerprint density at radius 2 is 1.81 bits per heavy atom. The van der Waals surface area contributed by atoms with E-state index < -0.39 is 27.8 Å². The molecule has 0 aromatic heterocycles. The van der Waals surface area contributed by atoms with Crippen molar-refractivity contribution in [2.45, 2.75) is 30.0 Å². The third-order valence-corrected chi connectivity index (χ3v) is 6.67. The minimum Gasteiger partial charge on any atom is -0.481 e. The molecule has 3 rings (SSSR count). The van der Waals surface area contributed by atoms with Gasteiger partial charge in [0, 0.05) is 18.2 Å². The molecule has 0 bridgehead atoms. The highest BCUT2D eigenvalue weighted by Gasteiger charge is 2.38. The quantitative estimate of drug-likeness (QED) is 0.851. The van der Waals surface area contributed by atoms with Crippen molar-refractivity contribution >= 4 is 21.7 Å². The number of likely N-dealkylation sites (tertiary alicyclic amines) is 1. The first-order chi connectivity index (χ1) is 12.8. The van der Waals surface area contributed by atoms with Crippen LogP contribution >= 0.6 is 0 Å². The number of hydrogen-bond donors (Lipinski definition) is 1. The molecule has 1 heterocycles. The van der Waals surface area contributed by atoms with Crippen LogP contribution in [0.25, 0.3) is 0 Å². The number of aliphatic carboxylic acids is 1. The van der Waals surface area contributed by atoms with Gasteiger partial charge in [0.05, 0.1) is 16.6 Å². The van der Waals surface area contributed by atoms with Gasteiger partial charge in [-0.2, -0.15) is 0 Å². The summed E-state index contributed by atoms with van der Waals surface area (Å²) in [6.07, 6.45) is 0.421. The third kappa shape index (κ3) is 4.03. The Hall–Kier alpha value is -2.67. The normalized spacial score (nSPS) is 19.8. The van der Waals surface area contributed by atoms with E-state index in [0.29, 0.717) is 24.1 Å². The molecule has 1 amide bonds. The van der Waals surface area contributed by atoms with Crippen molar-refractivity contribution in [2.24, 2.45) is 5.92 Å². The lowest BCUT2D eigenvalue weighted by Gasteiger charge is -2.23. The Morgan fingerprint density at radius 3 is 2.44 bits per heavy atom. The molecular formula is C20H21NO5S. The molecule has 2 unspecified atom stereocenters.